The summed E-state index contributed by atoms with van der Waals surface area (Å²) in [6.07, 6.45) is 5.48. The van der Waals surface area contributed by atoms with Gasteiger partial charge in [0, 0.05) is 0 Å². The van der Waals surface area contributed by atoms with Gasteiger partial charge in [0.15, 0.2) is 0 Å². The number of rotatable bonds is 1. The van der Waals surface area contributed by atoms with Crippen molar-refractivity contribution in [3.63, 3.8) is 0 Å². The van der Waals surface area contributed by atoms with E-state index in [0.29, 0.717) is 0 Å². The van der Waals surface area contributed by atoms with Crippen molar-refractivity contribution in [2.24, 2.45) is 4.99 Å². The van der Waals surface area contributed by atoms with Crippen molar-refractivity contribution in [2.45, 2.75) is 13.8 Å². The second kappa shape index (κ2) is 7.38. The van der Waals surface area contributed by atoms with E-state index in [1.165, 1.54) is 11.1 Å². The number of hydrogen-bond acceptors (Lipinski definition) is 1. The summed E-state index contributed by atoms with van der Waals surface area (Å²) < 4.78 is 0. The van der Waals surface area contributed by atoms with Crippen LogP contribution in [0.25, 0.3) is 5.57 Å². The van der Waals surface area contributed by atoms with Gasteiger partial charge in [0.05, 0.1) is 0 Å². The van der Waals surface area contributed by atoms with Gasteiger partial charge in [-0.2, -0.15) is 0 Å². The molecule has 2 aliphatic rings. The van der Waals surface area contributed by atoms with Crippen molar-refractivity contribution in [3.8, 4) is 0 Å². The molecule has 1 nitrogen and oxygen atoms in total. The van der Waals surface area contributed by atoms with Crippen LogP contribution in [0.1, 0.15) is 19.4 Å². The first-order valence-electron chi connectivity index (χ1n) is 5.44. The summed E-state index contributed by atoms with van der Waals surface area (Å²) in [5, 5.41) is 0. The minimum atomic E-state index is 0. The third kappa shape index (κ3) is 3.37. The van der Waals surface area contributed by atoms with Crippen LogP contribution in [0.2, 0.25) is 0 Å². The van der Waals surface area contributed by atoms with Gasteiger partial charge in [0.2, 0.25) is 0 Å². The molecule has 95 valence electrons. The summed E-state index contributed by atoms with van der Waals surface area (Å²) in [6, 6.07) is 10.4. The summed E-state index contributed by atoms with van der Waals surface area (Å²) in [5.74, 6) is 0. The first-order valence-corrected chi connectivity index (χ1v) is 5.44. The van der Waals surface area contributed by atoms with Crippen molar-refractivity contribution in [1.82, 2.24) is 0 Å². The van der Waals surface area contributed by atoms with E-state index in [1.54, 1.807) is 0 Å². The summed E-state index contributed by atoms with van der Waals surface area (Å²) in [4.78, 5) is 4.58. The number of fused-ring (bicyclic) bond motifs is 1. The van der Waals surface area contributed by atoms with Crippen molar-refractivity contribution in [1.29, 1.82) is 0 Å². The standard InChI is InChI=1S/C15H12N.2ClH.Zr/c1-10-8-13-14(9-10)16-11(2)15(13)12-6-4-3-5-7-12;;;/h3-7,9H,1-2H3;2*1H;/q-1;;;+3/p-2. The summed E-state index contributed by atoms with van der Waals surface area (Å²) >= 11 is 0. The monoisotopic (exact) mass is 366 g/mol. The van der Waals surface area contributed by atoms with E-state index in [0.717, 1.165) is 22.6 Å². The molecule has 3 rings (SSSR count). The normalized spacial score (nSPS) is 15.4. The number of aliphatic imine (C=N–C) groups is 1. The molecule has 0 unspecified atom stereocenters. The van der Waals surface area contributed by atoms with Crippen molar-refractivity contribution < 1.29 is 51.0 Å². The second-order valence-electron chi connectivity index (χ2n) is 4.15. The molecule has 0 fully saturated rings. The molecule has 0 atom stereocenters. The molecule has 0 bridgehead atoms. The van der Waals surface area contributed by atoms with E-state index in [9.17, 15) is 0 Å². The Bertz CT molecular complexity index is 583. The Kier molecular flexibility index (Phi) is 7.21. The van der Waals surface area contributed by atoms with Crippen molar-refractivity contribution >= 4 is 11.3 Å². The maximum absolute atomic E-state index is 4.58. The van der Waals surface area contributed by atoms with E-state index < -0.39 is 0 Å². The average molecular weight is 368 g/mol. The molecule has 1 aromatic rings. The van der Waals surface area contributed by atoms with Gasteiger partial charge in [-0.1, -0.05) is 54.1 Å². The van der Waals surface area contributed by atoms with Crippen LogP contribution in [-0.2, 0) is 26.2 Å². The van der Waals surface area contributed by atoms with Gasteiger partial charge in [0.1, 0.15) is 0 Å². The SMILES string of the molecule is CC1=[C-]C2=C(c3ccccc3)C(C)=NC2=C1.[Cl-].[Cl-].[Zr+3]. The maximum atomic E-state index is 4.58. The van der Waals surface area contributed by atoms with Gasteiger partial charge in [0.25, 0.3) is 0 Å². The predicted octanol–water partition coefficient (Wildman–Crippen LogP) is -2.43. The number of hydrogen-bond donors (Lipinski definition) is 0. The zero-order valence-corrected chi connectivity index (χ0v) is 14.6. The Morgan fingerprint density at radius 2 is 1.63 bits per heavy atom. The third-order valence-electron chi connectivity index (χ3n) is 2.89. The molecule has 1 radical (unpaired) electrons. The van der Waals surface area contributed by atoms with Crippen LogP contribution < -0.4 is 24.8 Å². The topological polar surface area (TPSA) is 12.4 Å². The molecule has 0 saturated heterocycles. The largest absolute Gasteiger partial charge is 3.00 e. The molecule has 0 aromatic heterocycles. The molecule has 1 aromatic carbocycles. The van der Waals surface area contributed by atoms with E-state index >= 15 is 0 Å². The van der Waals surface area contributed by atoms with Gasteiger partial charge < -0.3 is 29.8 Å². The number of nitrogens with zero attached hydrogens (tertiary/aromatic N) is 1. The van der Waals surface area contributed by atoms with Gasteiger partial charge in [-0.25, -0.2) is 0 Å². The second-order valence-corrected chi connectivity index (χ2v) is 4.15. The first-order chi connectivity index (χ1) is 7.75. The van der Waals surface area contributed by atoms with Gasteiger partial charge in [-0.3, -0.25) is 0 Å². The minimum absolute atomic E-state index is 0. The molecule has 0 amide bonds. The van der Waals surface area contributed by atoms with Crippen LogP contribution in [0.5, 0.6) is 0 Å². The smallest absolute Gasteiger partial charge is 1.00 e. The van der Waals surface area contributed by atoms with Gasteiger partial charge in [-0.15, -0.1) is 23.3 Å². The van der Waals surface area contributed by atoms with Crippen LogP contribution in [-0.4, -0.2) is 5.71 Å². The molecule has 19 heavy (non-hydrogen) atoms. The van der Waals surface area contributed by atoms with E-state index in [-0.39, 0.29) is 51.0 Å². The fraction of sp³-hybridized carbons (Fsp3) is 0.133. The Balaban J connectivity index is 0.00000108. The number of allylic oxidation sites excluding steroid dienone is 4. The van der Waals surface area contributed by atoms with Crippen LogP contribution in [0.15, 0.2) is 58.2 Å². The number of benzene rings is 1. The Labute approximate surface area is 145 Å². The molecular formula is C15H12Cl2NZr. The van der Waals surface area contributed by atoms with E-state index in [4.69, 9.17) is 0 Å². The van der Waals surface area contributed by atoms with Crippen molar-refractivity contribution in [2.75, 3.05) is 0 Å². The molecule has 1 aliphatic carbocycles. The summed E-state index contributed by atoms with van der Waals surface area (Å²) in [5.41, 5.74) is 6.92. The third-order valence-corrected chi connectivity index (χ3v) is 2.89. The molecule has 1 heterocycles. The maximum Gasteiger partial charge on any atom is 3.00 e. The molecular weight excluding hydrogens is 356 g/mol. The zero-order chi connectivity index (χ0) is 11.1. The fourth-order valence-corrected chi connectivity index (χ4v) is 2.23. The summed E-state index contributed by atoms with van der Waals surface area (Å²) in [7, 11) is 0. The first kappa shape index (κ1) is 18.6. The van der Waals surface area contributed by atoms with Gasteiger partial charge in [-0.05, 0) is 12.6 Å². The van der Waals surface area contributed by atoms with Crippen LogP contribution >= 0.6 is 0 Å². The fourth-order valence-electron chi connectivity index (χ4n) is 2.23. The van der Waals surface area contributed by atoms with Crippen LogP contribution in [0, 0.1) is 6.08 Å². The van der Waals surface area contributed by atoms with Crippen molar-refractivity contribution in [3.05, 3.63) is 64.9 Å². The van der Waals surface area contributed by atoms with Crippen LogP contribution in [0.3, 0.4) is 0 Å². The molecule has 4 heteroatoms. The Morgan fingerprint density at radius 3 is 2.26 bits per heavy atom. The quantitative estimate of drug-likeness (QED) is 0.489. The van der Waals surface area contributed by atoms with E-state index in [2.05, 4.69) is 55.3 Å². The molecule has 0 saturated carbocycles. The van der Waals surface area contributed by atoms with Gasteiger partial charge >= 0.3 is 26.2 Å². The molecule has 0 spiro atoms. The number of halogens is 2. The summed E-state index contributed by atoms with van der Waals surface area (Å²) in [6.45, 7) is 4.12. The Morgan fingerprint density at radius 1 is 1.00 bits per heavy atom. The zero-order valence-electron chi connectivity index (χ0n) is 10.7. The predicted molar refractivity (Wildman–Crippen MR) is 67.0 cm³/mol. The molecule has 1 aliphatic heterocycles. The van der Waals surface area contributed by atoms with Crippen LogP contribution in [0.4, 0.5) is 0 Å². The Hall–Kier alpha value is -0.427. The minimum Gasteiger partial charge on any atom is -1.00 e. The molecule has 0 N–H and O–H groups in total. The van der Waals surface area contributed by atoms with E-state index in [1.807, 2.05) is 6.07 Å². The average Bonchev–Trinajstić information content (AvgIpc) is 2.74.